The Hall–Kier alpha value is -2.04. The highest BCUT2D eigenvalue weighted by molar-refractivity contribution is 5.97. The van der Waals surface area contributed by atoms with Gasteiger partial charge < -0.3 is 14.6 Å². The third-order valence-electron chi connectivity index (χ3n) is 4.77. The van der Waals surface area contributed by atoms with Crippen molar-refractivity contribution in [3.63, 3.8) is 0 Å². The number of hydrogen-bond acceptors (Lipinski definition) is 5. The van der Waals surface area contributed by atoms with Crippen molar-refractivity contribution in [1.29, 1.82) is 0 Å². The number of ether oxygens (including phenoxy) is 2. The molecule has 0 aliphatic heterocycles. The van der Waals surface area contributed by atoms with Crippen LogP contribution in [0.2, 0.25) is 0 Å². The van der Waals surface area contributed by atoms with Gasteiger partial charge in [0.2, 0.25) is 0 Å². The Kier molecular flexibility index (Phi) is 12.1. The van der Waals surface area contributed by atoms with Crippen LogP contribution in [0.1, 0.15) is 99.8 Å². The molecule has 1 N–H and O–H groups in total. The molecule has 5 nitrogen and oxygen atoms in total. The molecule has 0 heterocycles. The van der Waals surface area contributed by atoms with E-state index in [1.54, 1.807) is 0 Å². The summed E-state index contributed by atoms with van der Waals surface area (Å²) in [5.74, 6) is 0.0659. The van der Waals surface area contributed by atoms with E-state index in [1.165, 1.54) is 24.6 Å². The Morgan fingerprint density at radius 1 is 0.793 bits per heavy atom. The van der Waals surface area contributed by atoms with Gasteiger partial charge >= 0.3 is 11.9 Å². The fraction of sp³-hybridized carbons (Fsp3) is 0.667. The van der Waals surface area contributed by atoms with Crippen LogP contribution < -0.4 is 0 Å². The van der Waals surface area contributed by atoms with Crippen LogP contribution in [0, 0.1) is 11.8 Å². The minimum Gasteiger partial charge on any atom is -0.507 e. The summed E-state index contributed by atoms with van der Waals surface area (Å²) in [5.41, 5.74) is 0.243. The van der Waals surface area contributed by atoms with Gasteiger partial charge in [0.15, 0.2) is 0 Å². The van der Waals surface area contributed by atoms with Gasteiger partial charge in [0.05, 0.1) is 18.8 Å². The molecule has 1 aromatic carbocycles. The Morgan fingerprint density at radius 3 is 1.83 bits per heavy atom. The van der Waals surface area contributed by atoms with Gasteiger partial charge in [0.25, 0.3) is 0 Å². The van der Waals surface area contributed by atoms with Gasteiger partial charge in [-0.25, -0.2) is 9.59 Å². The summed E-state index contributed by atoms with van der Waals surface area (Å²) in [6.07, 6.45) is 8.21. The highest BCUT2D eigenvalue weighted by Crippen LogP contribution is 2.21. The Bertz CT molecular complexity index is 622. The van der Waals surface area contributed by atoms with Crippen LogP contribution in [0.15, 0.2) is 18.2 Å². The number of carbonyl (C=O) groups is 2. The SMILES string of the molecule is CC(C)CCCCCOC(=O)c1ccc(O)c(C(=O)OCCCCCC(C)C)c1. The summed E-state index contributed by atoms with van der Waals surface area (Å²) in [4.78, 5) is 24.4. The van der Waals surface area contributed by atoms with Crippen LogP contribution in [0.4, 0.5) is 0 Å². The highest BCUT2D eigenvalue weighted by atomic mass is 16.5. The topological polar surface area (TPSA) is 72.8 Å². The van der Waals surface area contributed by atoms with Crippen LogP contribution in [0.3, 0.4) is 0 Å². The summed E-state index contributed by atoms with van der Waals surface area (Å²) in [6.45, 7) is 9.43. The lowest BCUT2D eigenvalue weighted by Gasteiger charge is -2.09. The van der Waals surface area contributed by atoms with Crippen LogP contribution in [-0.2, 0) is 9.47 Å². The van der Waals surface area contributed by atoms with Gasteiger partial charge in [-0.2, -0.15) is 0 Å². The third kappa shape index (κ3) is 10.9. The first kappa shape index (κ1) is 25.0. The largest absolute Gasteiger partial charge is 0.507 e. The molecule has 29 heavy (non-hydrogen) atoms. The molecule has 0 amide bonds. The average molecular weight is 407 g/mol. The molecule has 0 saturated carbocycles. The zero-order chi connectivity index (χ0) is 21.6. The monoisotopic (exact) mass is 406 g/mol. The number of carbonyl (C=O) groups excluding carboxylic acids is 2. The van der Waals surface area contributed by atoms with E-state index in [4.69, 9.17) is 9.47 Å². The molecule has 0 atom stereocenters. The molecule has 0 unspecified atom stereocenters. The maximum absolute atomic E-state index is 12.2. The van der Waals surface area contributed by atoms with Gasteiger partial charge in [-0.15, -0.1) is 0 Å². The van der Waals surface area contributed by atoms with E-state index in [0.29, 0.717) is 25.0 Å². The number of aromatic hydroxyl groups is 1. The molecule has 5 heteroatoms. The van der Waals surface area contributed by atoms with E-state index in [9.17, 15) is 14.7 Å². The minimum atomic E-state index is -0.616. The average Bonchev–Trinajstić information content (AvgIpc) is 2.66. The lowest BCUT2D eigenvalue weighted by molar-refractivity contribution is 0.0493. The summed E-state index contributed by atoms with van der Waals surface area (Å²) < 4.78 is 10.5. The number of phenolic OH excluding ortho intramolecular Hbond substituents is 1. The molecule has 0 fully saturated rings. The summed E-state index contributed by atoms with van der Waals surface area (Å²) in [5, 5.41) is 9.95. The van der Waals surface area contributed by atoms with E-state index in [-0.39, 0.29) is 16.9 Å². The van der Waals surface area contributed by atoms with Crippen LogP contribution >= 0.6 is 0 Å². The van der Waals surface area contributed by atoms with E-state index in [0.717, 1.165) is 44.9 Å². The summed E-state index contributed by atoms with van der Waals surface area (Å²) in [6, 6.07) is 4.13. The molecular weight excluding hydrogens is 368 g/mol. The van der Waals surface area contributed by atoms with E-state index < -0.39 is 11.9 Å². The number of hydrogen-bond donors (Lipinski definition) is 1. The second-order valence-electron chi connectivity index (χ2n) is 8.49. The van der Waals surface area contributed by atoms with Crippen molar-refractivity contribution in [3.8, 4) is 5.75 Å². The van der Waals surface area contributed by atoms with Crippen molar-refractivity contribution >= 4 is 11.9 Å². The molecule has 0 aliphatic carbocycles. The van der Waals surface area contributed by atoms with Crippen molar-refractivity contribution in [3.05, 3.63) is 29.3 Å². The minimum absolute atomic E-state index is 0.00133. The molecule has 1 rings (SSSR count). The first-order valence-electron chi connectivity index (χ1n) is 11.0. The standard InChI is InChI=1S/C24H38O5/c1-18(2)11-7-5-9-15-28-23(26)20-13-14-22(25)21(17-20)24(27)29-16-10-6-8-12-19(3)4/h13-14,17-19,25H,5-12,15-16H2,1-4H3. The first-order chi connectivity index (χ1) is 13.8. The van der Waals surface area contributed by atoms with Crippen LogP contribution in [-0.4, -0.2) is 30.3 Å². The summed E-state index contributed by atoms with van der Waals surface area (Å²) >= 11 is 0. The maximum Gasteiger partial charge on any atom is 0.341 e. The number of esters is 2. The zero-order valence-electron chi connectivity index (χ0n) is 18.5. The van der Waals surface area contributed by atoms with Gasteiger partial charge in [0, 0.05) is 0 Å². The summed E-state index contributed by atoms with van der Waals surface area (Å²) in [7, 11) is 0. The smallest absolute Gasteiger partial charge is 0.341 e. The van der Waals surface area contributed by atoms with Gasteiger partial charge in [-0.3, -0.25) is 0 Å². The van der Waals surface area contributed by atoms with Crippen molar-refractivity contribution < 1.29 is 24.2 Å². The molecule has 0 aromatic heterocycles. The predicted octanol–water partition coefficient (Wildman–Crippen LogP) is 6.14. The fourth-order valence-corrected chi connectivity index (χ4v) is 2.98. The van der Waals surface area contributed by atoms with E-state index >= 15 is 0 Å². The third-order valence-corrected chi connectivity index (χ3v) is 4.77. The molecule has 0 bridgehead atoms. The van der Waals surface area contributed by atoms with Crippen molar-refractivity contribution in [2.45, 2.75) is 79.1 Å². The van der Waals surface area contributed by atoms with Crippen LogP contribution in [0.25, 0.3) is 0 Å². The van der Waals surface area contributed by atoms with Crippen molar-refractivity contribution in [2.75, 3.05) is 13.2 Å². The fourth-order valence-electron chi connectivity index (χ4n) is 2.98. The Balaban J connectivity index is 2.42. The predicted molar refractivity (Wildman–Crippen MR) is 115 cm³/mol. The molecule has 0 saturated heterocycles. The van der Waals surface area contributed by atoms with Gasteiger partial charge in [0.1, 0.15) is 11.3 Å². The van der Waals surface area contributed by atoms with E-state index in [1.807, 2.05) is 0 Å². The molecular formula is C24H38O5. The lowest BCUT2D eigenvalue weighted by Crippen LogP contribution is -2.11. The number of rotatable bonds is 14. The second kappa shape index (κ2) is 14.0. The maximum atomic E-state index is 12.2. The zero-order valence-corrected chi connectivity index (χ0v) is 18.5. The van der Waals surface area contributed by atoms with E-state index in [2.05, 4.69) is 27.7 Å². The quantitative estimate of drug-likeness (QED) is 0.297. The Labute approximate surface area is 175 Å². The molecule has 0 radical (unpaired) electrons. The Morgan fingerprint density at radius 2 is 1.31 bits per heavy atom. The van der Waals surface area contributed by atoms with Crippen LogP contribution in [0.5, 0.6) is 5.75 Å². The highest BCUT2D eigenvalue weighted by Gasteiger charge is 2.17. The lowest BCUT2D eigenvalue weighted by atomic mass is 10.1. The number of unbranched alkanes of at least 4 members (excludes halogenated alkanes) is 4. The second-order valence-corrected chi connectivity index (χ2v) is 8.49. The number of phenols is 1. The first-order valence-corrected chi connectivity index (χ1v) is 11.0. The molecule has 164 valence electrons. The van der Waals surface area contributed by atoms with Crippen molar-refractivity contribution in [1.82, 2.24) is 0 Å². The normalized spacial score (nSPS) is 11.1. The molecule has 0 aliphatic rings. The van der Waals surface area contributed by atoms with Gasteiger partial charge in [-0.05, 0) is 42.9 Å². The molecule has 1 aromatic rings. The number of benzene rings is 1. The molecule has 0 spiro atoms. The van der Waals surface area contributed by atoms with Gasteiger partial charge in [-0.1, -0.05) is 66.2 Å². The van der Waals surface area contributed by atoms with Crippen molar-refractivity contribution in [2.24, 2.45) is 11.8 Å².